The number of hydrogen-bond acceptors (Lipinski definition) is 5. The van der Waals surface area contributed by atoms with Crippen LogP contribution in [0.15, 0.2) is 45.9 Å². The van der Waals surface area contributed by atoms with E-state index in [1.165, 1.54) is 24.5 Å². The molecule has 2 heterocycles. The molecule has 0 unspecified atom stereocenters. The molecule has 8 heteroatoms. The van der Waals surface area contributed by atoms with Gasteiger partial charge in [0.15, 0.2) is 0 Å². The zero-order valence-electron chi connectivity index (χ0n) is 11.5. The topological polar surface area (TPSA) is 97.6 Å². The first-order valence-electron chi connectivity index (χ1n) is 6.63. The van der Waals surface area contributed by atoms with Crippen LogP contribution in [0.2, 0.25) is 0 Å². The lowest BCUT2D eigenvalue weighted by Crippen LogP contribution is -2.25. The van der Waals surface area contributed by atoms with Crippen molar-refractivity contribution in [3.05, 3.63) is 47.9 Å². The van der Waals surface area contributed by atoms with Gasteiger partial charge in [-0.1, -0.05) is 0 Å². The predicted octanol–water partition coefficient (Wildman–Crippen LogP) is 0.880. The zero-order chi connectivity index (χ0) is 15.6. The van der Waals surface area contributed by atoms with E-state index in [9.17, 15) is 13.2 Å². The number of carbonyl (C=O) groups excluding carboxylic acids is 1. The van der Waals surface area contributed by atoms with Crippen LogP contribution in [0.3, 0.4) is 0 Å². The fraction of sp³-hybridized carbons (Fsp3) is 0.214. The lowest BCUT2D eigenvalue weighted by molar-refractivity contribution is 0.0957. The van der Waals surface area contributed by atoms with Crippen LogP contribution in [0.5, 0.6) is 5.75 Å². The van der Waals surface area contributed by atoms with Crippen molar-refractivity contribution in [1.82, 2.24) is 10.0 Å². The number of rotatable bonds is 4. The summed E-state index contributed by atoms with van der Waals surface area (Å²) in [5, 5.41) is 2.64. The molecule has 0 spiro atoms. The van der Waals surface area contributed by atoms with E-state index in [0.29, 0.717) is 24.7 Å². The highest BCUT2D eigenvalue weighted by Gasteiger charge is 2.21. The second kappa shape index (κ2) is 5.82. The van der Waals surface area contributed by atoms with Crippen LogP contribution in [0, 0.1) is 0 Å². The number of furan rings is 1. The van der Waals surface area contributed by atoms with Crippen molar-refractivity contribution in [3.8, 4) is 5.75 Å². The second-order valence-corrected chi connectivity index (χ2v) is 6.43. The summed E-state index contributed by atoms with van der Waals surface area (Å²) in [5.74, 6) is 0.523. The molecule has 0 aliphatic carbocycles. The van der Waals surface area contributed by atoms with Gasteiger partial charge in [-0.05, 0) is 30.3 Å². The number of sulfonamides is 1. The van der Waals surface area contributed by atoms with Gasteiger partial charge in [-0.2, -0.15) is 0 Å². The van der Waals surface area contributed by atoms with E-state index in [1.807, 2.05) is 0 Å². The molecule has 22 heavy (non-hydrogen) atoms. The Bertz CT molecular complexity index is 784. The number of hydrogen-bond donors (Lipinski definition) is 2. The van der Waals surface area contributed by atoms with Crippen LogP contribution in [0.4, 0.5) is 0 Å². The summed E-state index contributed by atoms with van der Waals surface area (Å²) in [6.07, 6.45) is 1.47. The SMILES string of the molecule is O=C1NCCOc2ccc(S(=O)(=O)NCc3ccco3)cc21. The lowest BCUT2D eigenvalue weighted by atomic mass is 10.2. The Morgan fingerprint density at radius 1 is 1.27 bits per heavy atom. The maximum absolute atomic E-state index is 12.3. The molecule has 2 aromatic rings. The molecule has 1 aromatic carbocycles. The third kappa shape index (κ3) is 2.97. The van der Waals surface area contributed by atoms with Gasteiger partial charge in [-0.25, -0.2) is 13.1 Å². The van der Waals surface area contributed by atoms with Crippen molar-refractivity contribution in [3.63, 3.8) is 0 Å². The third-order valence-corrected chi connectivity index (χ3v) is 4.57. The van der Waals surface area contributed by atoms with Gasteiger partial charge in [-0.3, -0.25) is 4.79 Å². The molecule has 0 radical (unpaired) electrons. The first-order valence-corrected chi connectivity index (χ1v) is 8.12. The van der Waals surface area contributed by atoms with Gasteiger partial charge in [0, 0.05) is 0 Å². The van der Waals surface area contributed by atoms with Crippen LogP contribution < -0.4 is 14.8 Å². The predicted molar refractivity (Wildman–Crippen MR) is 77.0 cm³/mol. The quantitative estimate of drug-likeness (QED) is 0.871. The summed E-state index contributed by atoms with van der Waals surface area (Å²) < 4.78 is 37.5. The maximum Gasteiger partial charge on any atom is 0.255 e. The molecule has 1 amide bonds. The molecule has 3 rings (SSSR count). The van der Waals surface area contributed by atoms with Crippen molar-refractivity contribution in [2.75, 3.05) is 13.2 Å². The standard InChI is InChI=1S/C14H14N2O5S/c17-14-12-8-11(3-4-13(12)21-7-5-15-14)22(18,19)16-9-10-2-1-6-20-10/h1-4,6,8,16H,5,7,9H2,(H,15,17). The Balaban J connectivity index is 1.86. The van der Waals surface area contributed by atoms with E-state index in [2.05, 4.69) is 10.0 Å². The number of benzene rings is 1. The highest BCUT2D eigenvalue weighted by atomic mass is 32.2. The summed E-state index contributed by atoms with van der Waals surface area (Å²) in [4.78, 5) is 11.9. The normalized spacial score (nSPS) is 14.6. The average molecular weight is 322 g/mol. The fourth-order valence-electron chi connectivity index (χ4n) is 2.06. The Hall–Kier alpha value is -2.32. The smallest absolute Gasteiger partial charge is 0.255 e. The average Bonchev–Trinajstić information content (AvgIpc) is 2.96. The molecule has 0 saturated carbocycles. The Labute approximate surface area is 127 Å². The van der Waals surface area contributed by atoms with Crippen LogP contribution in [0.1, 0.15) is 16.1 Å². The number of amides is 1. The van der Waals surface area contributed by atoms with E-state index < -0.39 is 10.0 Å². The van der Waals surface area contributed by atoms with Crippen LogP contribution in [-0.4, -0.2) is 27.5 Å². The Kier molecular flexibility index (Phi) is 3.86. The van der Waals surface area contributed by atoms with E-state index in [4.69, 9.17) is 9.15 Å². The van der Waals surface area contributed by atoms with Gasteiger partial charge in [0.25, 0.3) is 5.91 Å². The van der Waals surface area contributed by atoms with Crippen molar-refractivity contribution in [1.29, 1.82) is 0 Å². The molecule has 1 aromatic heterocycles. The monoisotopic (exact) mass is 322 g/mol. The lowest BCUT2D eigenvalue weighted by Gasteiger charge is -2.09. The van der Waals surface area contributed by atoms with Gasteiger partial charge in [0.1, 0.15) is 18.1 Å². The van der Waals surface area contributed by atoms with Crippen LogP contribution in [-0.2, 0) is 16.6 Å². The van der Waals surface area contributed by atoms with Gasteiger partial charge in [0.2, 0.25) is 10.0 Å². The van der Waals surface area contributed by atoms with Crippen LogP contribution >= 0.6 is 0 Å². The van der Waals surface area contributed by atoms with E-state index >= 15 is 0 Å². The van der Waals surface area contributed by atoms with Crippen molar-refractivity contribution in [2.45, 2.75) is 11.4 Å². The third-order valence-electron chi connectivity index (χ3n) is 3.17. The van der Waals surface area contributed by atoms with Gasteiger partial charge < -0.3 is 14.5 Å². The fourth-order valence-corrected chi connectivity index (χ4v) is 3.08. The second-order valence-electron chi connectivity index (χ2n) is 4.67. The van der Waals surface area contributed by atoms with Crippen molar-refractivity contribution < 1.29 is 22.4 Å². The van der Waals surface area contributed by atoms with E-state index in [0.717, 1.165) is 0 Å². The molecule has 0 atom stereocenters. The van der Waals surface area contributed by atoms with Crippen molar-refractivity contribution >= 4 is 15.9 Å². The highest BCUT2D eigenvalue weighted by molar-refractivity contribution is 7.89. The minimum Gasteiger partial charge on any atom is -0.491 e. The number of fused-ring (bicyclic) bond motifs is 1. The number of ether oxygens (including phenoxy) is 1. The number of carbonyl (C=O) groups is 1. The molecule has 2 N–H and O–H groups in total. The first-order chi connectivity index (χ1) is 10.6. The Morgan fingerprint density at radius 2 is 2.14 bits per heavy atom. The molecule has 0 saturated heterocycles. The van der Waals surface area contributed by atoms with Crippen molar-refractivity contribution in [2.24, 2.45) is 0 Å². The van der Waals surface area contributed by atoms with Gasteiger partial charge >= 0.3 is 0 Å². The molecule has 0 fully saturated rings. The summed E-state index contributed by atoms with van der Waals surface area (Å²) in [5.41, 5.74) is 0.207. The summed E-state index contributed by atoms with van der Waals surface area (Å²) in [6, 6.07) is 7.54. The van der Waals surface area contributed by atoms with E-state index in [1.54, 1.807) is 12.1 Å². The summed E-state index contributed by atoms with van der Waals surface area (Å²) in [7, 11) is -3.75. The van der Waals surface area contributed by atoms with Gasteiger partial charge in [0.05, 0.1) is 29.8 Å². The highest BCUT2D eigenvalue weighted by Crippen LogP contribution is 2.24. The minimum absolute atomic E-state index is 0.00143. The molecule has 0 bridgehead atoms. The minimum atomic E-state index is -3.75. The number of nitrogens with one attached hydrogen (secondary N) is 2. The zero-order valence-corrected chi connectivity index (χ0v) is 12.4. The summed E-state index contributed by atoms with van der Waals surface area (Å²) >= 11 is 0. The summed E-state index contributed by atoms with van der Waals surface area (Å²) in [6.45, 7) is 0.767. The van der Waals surface area contributed by atoms with E-state index in [-0.39, 0.29) is 22.9 Å². The molecular formula is C14H14N2O5S. The molecule has 1 aliphatic heterocycles. The van der Waals surface area contributed by atoms with Crippen LogP contribution in [0.25, 0.3) is 0 Å². The Morgan fingerprint density at radius 3 is 2.91 bits per heavy atom. The molecule has 116 valence electrons. The molecule has 1 aliphatic rings. The first kappa shape index (κ1) is 14.6. The largest absolute Gasteiger partial charge is 0.491 e. The molecular weight excluding hydrogens is 308 g/mol. The molecule has 7 nitrogen and oxygen atoms in total. The van der Waals surface area contributed by atoms with Gasteiger partial charge in [-0.15, -0.1) is 0 Å². The maximum atomic E-state index is 12.3.